The summed E-state index contributed by atoms with van der Waals surface area (Å²) in [6.07, 6.45) is 13.3. The van der Waals surface area contributed by atoms with E-state index in [0.717, 1.165) is 18.9 Å². The van der Waals surface area contributed by atoms with Crippen molar-refractivity contribution in [1.82, 2.24) is 25.5 Å². The van der Waals surface area contributed by atoms with Crippen LogP contribution < -0.4 is 0 Å². The van der Waals surface area contributed by atoms with E-state index in [-0.39, 0.29) is 0 Å². The molecule has 1 aliphatic carbocycles. The Morgan fingerprint density at radius 1 is 1.11 bits per heavy atom. The van der Waals surface area contributed by atoms with Crippen molar-refractivity contribution in [3.05, 3.63) is 29.2 Å². The van der Waals surface area contributed by atoms with E-state index in [1.165, 1.54) is 44.9 Å². The highest BCUT2D eigenvalue weighted by molar-refractivity contribution is 5.18. The summed E-state index contributed by atoms with van der Waals surface area (Å²) in [7, 11) is 0. The number of H-pyrrole nitrogens is 1. The van der Waals surface area contributed by atoms with E-state index in [9.17, 15) is 0 Å². The lowest BCUT2D eigenvalue weighted by molar-refractivity contribution is 0.271. The van der Waals surface area contributed by atoms with Gasteiger partial charge in [-0.3, -0.25) is 0 Å². The van der Waals surface area contributed by atoms with Gasteiger partial charge in [0.1, 0.15) is 0 Å². The first-order valence-electron chi connectivity index (χ1n) is 7.26. The number of hydrogen-bond acceptors (Lipinski definition) is 4. The second kappa shape index (κ2) is 5.99. The Bertz CT molecular complexity index is 448. The fourth-order valence-corrected chi connectivity index (χ4v) is 3.05. The van der Waals surface area contributed by atoms with E-state index in [4.69, 9.17) is 0 Å². The summed E-state index contributed by atoms with van der Waals surface area (Å²) in [5.41, 5.74) is 3.20. The number of hydrogen-bond donors (Lipinski definition) is 1. The van der Waals surface area contributed by atoms with Gasteiger partial charge in [0, 0.05) is 12.2 Å². The van der Waals surface area contributed by atoms with Crippen molar-refractivity contribution >= 4 is 0 Å². The van der Waals surface area contributed by atoms with Crippen LogP contribution in [0.1, 0.15) is 50.8 Å². The molecule has 1 aromatic rings. The molecule has 1 saturated heterocycles. The smallest absolute Gasteiger partial charge is 0.193 e. The van der Waals surface area contributed by atoms with Crippen LogP contribution in [-0.4, -0.2) is 32.1 Å². The minimum atomic E-state index is 0.794. The first-order valence-corrected chi connectivity index (χ1v) is 7.26. The number of nitrogens with one attached hydrogen (secondary N) is 1. The predicted octanol–water partition coefficient (Wildman–Crippen LogP) is 2.57. The fraction of sp³-hybridized carbons (Fsp3) is 0.643. The van der Waals surface area contributed by atoms with E-state index in [2.05, 4.69) is 37.7 Å². The molecule has 102 valence electrons. The Morgan fingerprint density at radius 2 is 1.95 bits per heavy atom. The van der Waals surface area contributed by atoms with Crippen molar-refractivity contribution in [2.45, 2.75) is 51.5 Å². The molecule has 5 heteroatoms. The van der Waals surface area contributed by atoms with Gasteiger partial charge in [0.15, 0.2) is 5.82 Å². The number of aromatic amines is 1. The predicted molar refractivity (Wildman–Crippen MR) is 73.1 cm³/mol. The average Bonchev–Trinajstić information content (AvgIpc) is 2.80. The highest BCUT2D eigenvalue weighted by atomic mass is 15.5. The van der Waals surface area contributed by atoms with Crippen molar-refractivity contribution in [3.8, 4) is 0 Å². The SMILES string of the molecule is C1=CCCC(=C2CCCCN2Cc2nn[nH]n2)CC1. The fourth-order valence-electron chi connectivity index (χ4n) is 3.05. The van der Waals surface area contributed by atoms with Gasteiger partial charge in [-0.15, -0.1) is 10.2 Å². The van der Waals surface area contributed by atoms with Crippen LogP contribution in [0.3, 0.4) is 0 Å². The molecule has 2 aliphatic rings. The Labute approximate surface area is 113 Å². The van der Waals surface area contributed by atoms with Gasteiger partial charge in [-0.25, -0.2) is 0 Å². The Hall–Kier alpha value is -1.65. The second-order valence-electron chi connectivity index (χ2n) is 5.31. The van der Waals surface area contributed by atoms with Crippen LogP contribution in [0.2, 0.25) is 0 Å². The maximum absolute atomic E-state index is 4.08. The van der Waals surface area contributed by atoms with Gasteiger partial charge in [0.25, 0.3) is 0 Å². The van der Waals surface area contributed by atoms with Gasteiger partial charge in [-0.1, -0.05) is 22.9 Å². The molecule has 1 fully saturated rings. The largest absolute Gasteiger partial charge is 0.367 e. The monoisotopic (exact) mass is 259 g/mol. The summed E-state index contributed by atoms with van der Waals surface area (Å²) in [6.45, 7) is 1.92. The molecule has 0 bridgehead atoms. The molecular weight excluding hydrogens is 238 g/mol. The number of nitrogens with zero attached hydrogens (tertiary/aromatic N) is 4. The van der Waals surface area contributed by atoms with Crippen LogP contribution in [0.15, 0.2) is 23.4 Å². The summed E-state index contributed by atoms with van der Waals surface area (Å²) in [6, 6.07) is 0. The van der Waals surface area contributed by atoms with Gasteiger partial charge >= 0.3 is 0 Å². The second-order valence-corrected chi connectivity index (χ2v) is 5.31. The number of rotatable bonds is 2. The summed E-state index contributed by atoms with van der Waals surface area (Å²) in [4.78, 5) is 2.47. The number of aromatic nitrogens is 4. The quantitative estimate of drug-likeness (QED) is 0.829. The third kappa shape index (κ3) is 3.03. The molecule has 0 aromatic carbocycles. The van der Waals surface area contributed by atoms with Crippen molar-refractivity contribution in [3.63, 3.8) is 0 Å². The average molecular weight is 259 g/mol. The molecule has 0 saturated carbocycles. The van der Waals surface area contributed by atoms with Gasteiger partial charge in [0.05, 0.1) is 6.54 Å². The highest BCUT2D eigenvalue weighted by Crippen LogP contribution is 2.30. The number of likely N-dealkylation sites (tertiary alicyclic amines) is 1. The van der Waals surface area contributed by atoms with Gasteiger partial charge < -0.3 is 4.90 Å². The van der Waals surface area contributed by atoms with E-state index in [1.54, 1.807) is 11.3 Å². The highest BCUT2D eigenvalue weighted by Gasteiger charge is 2.20. The standard InChI is InChI=1S/C14H21N5/c1-2-4-8-12(7-3-1)13-9-5-6-10-19(13)11-14-15-17-18-16-14/h1-2H,3-11H2,(H,15,16,17,18). The summed E-state index contributed by atoms with van der Waals surface area (Å²) >= 11 is 0. The van der Waals surface area contributed by atoms with Crippen molar-refractivity contribution in [2.24, 2.45) is 0 Å². The van der Waals surface area contributed by atoms with Crippen LogP contribution in [0.5, 0.6) is 0 Å². The normalized spacial score (nSPS) is 20.7. The third-order valence-electron chi connectivity index (χ3n) is 4.00. The lowest BCUT2D eigenvalue weighted by atomic mass is 9.97. The minimum absolute atomic E-state index is 0.794. The molecular formula is C14H21N5. The minimum Gasteiger partial charge on any atom is -0.367 e. The zero-order valence-corrected chi connectivity index (χ0v) is 11.3. The Kier molecular flexibility index (Phi) is 3.91. The van der Waals surface area contributed by atoms with Crippen LogP contribution in [0.4, 0.5) is 0 Å². The van der Waals surface area contributed by atoms with E-state index in [1.807, 2.05) is 0 Å². The van der Waals surface area contributed by atoms with Crippen LogP contribution in [0.25, 0.3) is 0 Å². The summed E-state index contributed by atoms with van der Waals surface area (Å²) in [5, 5.41) is 14.4. The van der Waals surface area contributed by atoms with Crippen LogP contribution >= 0.6 is 0 Å². The molecule has 3 rings (SSSR count). The molecule has 2 heterocycles. The molecule has 1 aromatic heterocycles. The third-order valence-corrected chi connectivity index (χ3v) is 4.00. The van der Waals surface area contributed by atoms with Gasteiger partial charge in [-0.2, -0.15) is 5.21 Å². The summed E-state index contributed by atoms with van der Waals surface area (Å²) in [5.74, 6) is 0.798. The van der Waals surface area contributed by atoms with E-state index in [0.29, 0.717) is 0 Å². The molecule has 0 spiro atoms. The lowest BCUT2D eigenvalue weighted by Gasteiger charge is -2.33. The number of piperidine rings is 1. The Morgan fingerprint density at radius 3 is 2.68 bits per heavy atom. The number of tetrazole rings is 1. The number of allylic oxidation sites excluding steroid dienone is 4. The Balaban J connectivity index is 1.78. The van der Waals surface area contributed by atoms with Crippen LogP contribution in [-0.2, 0) is 6.54 Å². The first kappa shape index (κ1) is 12.4. The molecule has 0 amide bonds. The van der Waals surface area contributed by atoms with E-state index >= 15 is 0 Å². The molecule has 5 nitrogen and oxygen atoms in total. The first-order chi connectivity index (χ1) is 9.43. The van der Waals surface area contributed by atoms with Gasteiger partial charge in [0.2, 0.25) is 0 Å². The topological polar surface area (TPSA) is 57.7 Å². The molecule has 0 radical (unpaired) electrons. The zero-order valence-electron chi connectivity index (χ0n) is 11.3. The summed E-state index contributed by atoms with van der Waals surface area (Å²) < 4.78 is 0. The zero-order chi connectivity index (χ0) is 12.9. The molecule has 0 atom stereocenters. The van der Waals surface area contributed by atoms with E-state index < -0.39 is 0 Å². The van der Waals surface area contributed by atoms with Gasteiger partial charge in [-0.05, 0) is 44.9 Å². The molecule has 1 aliphatic heterocycles. The van der Waals surface area contributed by atoms with Crippen molar-refractivity contribution in [2.75, 3.05) is 6.54 Å². The van der Waals surface area contributed by atoms with Crippen molar-refractivity contribution < 1.29 is 0 Å². The molecule has 19 heavy (non-hydrogen) atoms. The maximum atomic E-state index is 4.08. The lowest BCUT2D eigenvalue weighted by Crippen LogP contribution is -2.29. The molecule has 0 unspecified atom stereocenters. The molecule has 1 N–H and O–H groups in total. The maximum Gasteiger partial charge on any atom is 0.193 e. The van der Waals surface area contributed by atoms with Crippen LogP contribution in [0, 0.1) is 0 Å². The van der Waals surface area contributed by atoms with Crippen molar-refractivity contribution in [1.29, 1.82) is 0 Å².